The Bertz CT molecular complexity index is 11800. The smallest absolute Gasteiger partial charge is 0.164 e. The molecule has 0 spiro atoms. The molecule has 0 unspecified atom stereocenters. The van der Waals surface area contributed by atoms with Gasteiger partial charge in [0.05, 0.1) is 74.2 Å². The monoisotopic (exact) mass is 1950 g/mol. The Morgan fingerprint density at radius 1 is 0.153 bits per heavy atom. The molecular formula is C135H84N12O3. The molecule has 9 heterocycles. The average molecular weight is 1950 g/mol. The van der Waals surface area contributed by atoms with Gasteiger partial charge in [-0.3, -0.25) is 0 Å². The molecule has 15 heteroatoms. The van der Waals surface area contributed by atoms with Crippen LogP contribution in [-0.4, -0.2) is 58.6 Å². The molecule has 0 atom stereocenters. The highest BCUT2D eigenvalue weighted by molar-refractivity contribution is 6.18. The van der Waals surface area contributed by atoms with Gasteiger partial charge in [0, 0.05) is 132 Å². The Balaban J connectivity index is 0.000000123. The zero-order valence-corrected chi connectivity index (χ0v) is 78.3. The highest BCUT2D eigenvalue weighted by Gasteiger charge is 2.26. The van der Waals surface area contributed by atoms with Crippen LogP contribution in [0.3, 0.4) is 0 Å². The first-order valence-electron chi connectivity index (χ1n) is 62.6. The van der Waals surface area contributed by atoms with E-state index in [1.165, 1.54) is 0 Å². The Kier molecular flexibility index (Phi) is 15.2. The van der Waals surface area contributed by atoms with Crippen LogP contribution in [-0.2, 0) is 0 Å². The first kappa shape index (κ1) is 61.4. The predicted octanol–water partition coefficient (Wildman–Crippen LogP) is 34.6. The van der Waals surface area contributed by atoms with Gasteiger partial charge >= 0.3 is 0 Å². The van der Waals surface area contributed by atoms with Crippen LogP contribution in [0.5, 0.6) is 0 Å². The van der Waals surface area contributed by atoms with E-state index in [2.05, 4.69) is 204 Å². The Hall–Kier alpha value is -20.6. The highest BCUT2D eigenvalue weighted by atomic mass is 16.3. The molecule has 0 aliphatic heterocycles. The Labute approximate surface area is 901 Å². The van der Waals surface area contributed by atoms with Crippen LogP contribution >= 0.6 is 0 Å². The van der Waals surface area contributed by atoms with Crippen molar-refractivity contribution in [3.63, 3.8) is 0 Å². The Morgan fingerprint density at radius 3 is 0.807 bits per heavy atom. The molecule has 702 valence electrons. The minimum atomic E-state index is -0.613. The molecule has 0 aliphatic rings. The summed E-state index contributed by atoms with van der Waals surface area (Å²) in [5.74, 6) is -2.16. The molecule has 0 saturated carbocycles. The van der Waals surface area contributed by atoms with Crippen LogP contribution in [0.15, 0.2) is 522 Å². The number of hydrogen-bond donors (Lipinski definition) is 0. The number of fused-ring (bicyclic) bond motifs is 18. The van der Waals surface area contributed by atoms with Crippen molar-refractivity contribution in [2.75, 3.05) is 0 Å². The third-order valence-corrected chi connectivity index (χ3v) is 26.5. The first-order chi connectivity index (χ1) is 86.7. The third kappa shape index (κ3) is 15.9. The summed E-state index contributed by atoms with van der Waals surface area (Å²) in [6.07, 6.45) is 0. The topological polar surface area (TPSA) is 170 Å². The van der Waals surface area contributed by atoms with Crippen molar-refractivity contribution in [1.82, 2.24) is 58.6 Å². The first-order valence-corrected chi connectivity index (χ1v) is 47.6. The van der Waals surface area contributed by atoms with E-state index in [0.29, 0.717) is 50.2 Å². The van der Waals surface area contributed by atoms with Crippen molar-refractivity contribution in [2.24, 2.45) is 0 Å². The lowest BCUT2D eigenvalue weighted by atomic mass is 9.99. The van der Waals surface area contributed by atoms with Crippen molar-refractivity contribution in [3.8, 4) is 153 Å². The summed E-state index contributed by atoms with van der Waals surface area (Å²) in [6, 6.07) is 91.1. The maximum absolute atomic E-state index is 8.63. The fraction of sp³-hybridized carbons (Fsp3) is 0. The molecule has 9 aromatic heterocycles. The summed E-state index contributed by atoms with van der Waals surface area (Å²) in [4.78, 5) is 40.5. The van der Waals surface area contributed by atoms with Crippen molar-refractivity contribution < 1.29 is 54.4 Å². The fourth-order valence-electron chi connectivity index (χ4n) is 19.8. The van der Waals surface area contributed by atoms with Gasteiger partial charge in [0.25, 0.3) is 0 Å². The maximum Gasteiger partial charge on any atom is 0.164 e. The lowest BCUT2D eigenvalue weighted by molar-refractivity contribution is 0.668. The van der Waals surface area contributed by atoms with Gasteiger partial charge in [0.1, 0.15) is 33.5 Å². The lowest BCUT2D eigenvalue weighted by Crippen LogP contribution is -2.00. The van der Waals surface area contributed by atoms with Gasteiger partial charge in [-0.2, -0.15) is 0 Å². The van der Waals surface area contributed by atoms with Gasteiger partial charge < -0.3 is 27.0 Å². The molecule has 21 aromatic carbocycles. The standard InChI is InChI=1S/3C45H28N4O/c1-4-13-29(14-5-1)34-20-12-22-39-42(34)36-19-10-11-21-38(36)49(39)33-24-26-40-37(28-33)35-25-23-32(27-41(35)50-40)45-47-43(30-15-6-2-7-16-30)46-44(48-45)31-17-8-3-9-18-31;1-4-12-29(13-5-1)32-21-24-40-37(26-32)35-18-10-11-19-39(35)49(40)34-22-25-41-38(28-34)36-23-20-33(27-42(36)50-41)45-47-43(30-14-6-2-7-15-30)46-44(48-45)31-16-8-3-9-17-31;1-4-12-29(13-5-1)32-20-23-36-35-18-10-11-19-39(35)49(40(36)26-32)34-22-25-41-38(28-34)37-24-21-33(27-42(37)50-41)45-47-43(30-14-6-2-7-15-30)46-44(48-45)31-16-8-3-9-17-31/h3*1-28H/i2D,3D,6D,7D,8D,9D,15D,16D,17D,18D;2*2D,3D,6D,7D,8D,9D,14D,15D,16D,17D. The van der Waals surface area contributed by atoms with Crippen LogP contribution in [0.4, 0.5) is 0 Å². The predicted molar refractivity (Wildman–Crippen MR) is 610 cm³/mol. The van der Waals surface area contributed by atoms with Crippen molar-refractivity contribution in [2.45, 2.75) is 0 Å². The van der Waals surface area contributed by atoms with E-state index in [1.54, 1.807) is 36.4 Å². The van der Waals surface area contributed by atoms with Crippen molar-refractivity contribution >= 4 is 131 Å². The van der Waals surface area contributed by atoms with Gasteiger partial charge in [-0.25, -0.2) is 44.9 Å². The zero-order chi connectivity index (χ0) is 125. The third-order valence-electron chi connectivity index (χ3n) is 26.5. The minimum absolute atomic E-state index is 0.0446. The molecule has 0 saturated heterocycles. The lowest BCUT2D eigenvalue weighted by Gasteiger charge is -2.09. The zero-order valence-electron chi connectivity index (χ0n) is 108. The summed E-state index contributed by atoms with van der Waals surface area (Å²) in [6.45, 7) is 0. The second-order valence-corrected chi connectivity index (χ2v) is 35.2. The van der Waals surface area contributed by atoms with E-state index in [-0.39, 0.29) is 85.8 Å². The maximum atomic E-state index is 8.63. The van der Waals surface area contributed by atoms with E-state index in [0.717, 1.165) is 148 Å². The van der Waals surface area contributed by atoms with Gasteiger partial charge in [-0.15, -0.1) is 0 Å². The number of aromatic nitrogens is 12. The summed E-state index contributed by atoms with van der Waals surface area (Å²) < 4.78 is 277. The molecule has 150 heavy (non-hydrogen) atoms. The summed E-state index contributed by atoms with van der Waals surface area (Å²) >= 11 is 0. The summed E-state index contributed by atoms with van der Waals surface area (Å²) in [5, 5.41) is 11.6. The molecule has 0 fully saturated rings. The van der Waals surface area contributed by atoms with Gasteiger partial charge in [-0.1, -0.05) is 375 Å². The molecular weight excluding hydrogens is 1840 g/mol. The minimum Gasteiger partial charge on any atom is -0.456 e. The molecule has 0 aliphatic carbocycles. The molecule has 30 rings (SSSR count). The number of nitrogens with zero attached hydrogens (tertiary/aromatic N) is 12. The molecule has 0 amide bonds. The number of rotatable bonds is 15. The van der Waals surface area contributed by atoms with Crippen molar-refractivity contribution in [3.05, 3.63) is 509 Å². The quantitative estimate of drug-likeness (QED) is 0.0953. The second-order valence-electron chi connectivity index (χ2n) is 35.2. The molecule has 0 bridgehead atoms. The number of para-hydroxylation sites is 3. The van der Waals surface area contributed by atoms with Crippen molar-refractivity contribution in [1.29, 1.82) is 0 Å². The van der Waals surface area contributed by atoms with E-state index >= 15 is 0 Å². The summed E-state index contributed by atoms with van der Waals surface area (Å²) in [5.41, 5.74) is 18.2. The van der Waals surface area contributed by atoms with E-state index in [9.17, 15) is 0 Å². The molecule has 0 N–H and O–H groups in total. The number of hydrogen-bond acceptors (Lipinski definition) is 12. The number of furan rings is 3. The summed E-state index contributed by atoms with van der Waals surface area (Å²) in [7, 11) is 0. The van der Waals surface area contributed by atoms with Crippen LogP contribution in [0, 0.1) is 0 Å². The van der Waals surface area contributed by atoms with Crippen LogP contribution in [0.1, 0.15) is 41.1 Å². The SMILES string of the molecule is [2H]c1c([2H])c([2H])c(-c2nc(-c3ccc4c(c3)oc3ccc(-n5c6ccccc6c6c(-c7ccccc7)cccc65)cc34)nc(-c3c([2H])c([2H])c([2H])c([2H])c3[2H])n2)c([2H])c1[2H].[2H]c1c([2H])c([2H])c(-c2nc(-c3ccc4c(c3)oc3ccc(-n5c6ccccc6c6cc(-c7ccccc7)ccc65)cc34)nc(-c3c([2H])c([2H])c([2H])c([2H])c3[2H])n2)c([2H])c1[2H].[2H]c1c([2H])c([2H])c(-c2nc(-c3ccc4c(c3)oc3ccc(-n5c6ccccc6c6ccc(-c7ccccc7)cc65)cc34)nc(-c3c([2H])c([2H])c([2H])c([2H])c3[2H])n2)c([2H])c1[2H]. The molecule has 30 aromatic rings. The Morgan fingerprint density at radius 2 is 0.427 bits per heavy atom. The number of benzene rings is 21. The van der Waals surface area contributed by atoms with Gasteiger partial charge in [0.2, 0.25) is 0 Å². The normalized spacial score (nSPS) is 14.4. The highest BCUT2D eigenvalue weighted by Crippen LogP contribution is 2.46. The van der Waals surface area contributed by atoms with Gasteiger partial charge in [0.15, 0.2) is 52.4 Å². The molecule has 0 radical (unpaired) electrons. The van der Waals surface area contributed by atoms with Gasteiger partial charge in [-0.05, 0) is 167 Å². The second kappa shape index (κ2) is 37.0. The van der Waals surface area contributed by atoms with E-state index in [4.69, 9.17) is 54.4 Å². The van der Waals surface area contributed by atoms with E-state index in [1.807, 2.05) is 146 Å². The molecule has 15 nitrogen and oxygen atoms in total. The van der Waals surface area contributed by atoms with Crippen LogP contribution in [0.2, 0.25) is 0 Å². The average Bonchev–Trinajstić information content (AvgIpc) is 1.58. The largest absolute Gasteiger partial charge is 0.456 e. The fourth-order valence-corrected chi connectivity index (χ4v) is 19.8. The van der Waals surface area contributed by atoms with E-state index < -0.39 is 181 Å². The van der Waals surface area contributed by atoms with Crippen LogP contribution in [0.25, 0.3) is 284 Å². The van der Waals surface area contributed by atoms with Crippen LogP contribution < -0.4 is 0 Å².